The lowest BCUT2D eigenvalue weighted by Crippen LogP contribution is -2.38. The molecule has 0 saturated heterocycles. The van der Waals surface area contributed by atoms with Crippen molar-refractivity contribution in [2.45, 2.75) is 26.1 Å². The topological polar surface area (TPSA) is 27.6 Å². The van der Waals surface area contributed by atoms with Gasteiger partial charge in [0.1, 0.15) is 0 Å². The molecule has 1 aromatic rings. The first-order chi connectivity index (χ1) is 9.81. The van der Waals surface area contributed by atoms with E-state index in [0.29, 0.717) is 24.1 Å². The van der Waals surface area contributed by atoms with Crippen molar-refractivity contribution in [2.75, 3.05) is 20.1 Å². The monoisotopic (exact) mass is 321 g/mol. The fourth-order valence-corrected chi connectivity index (χ4v) is 1.96. The largest absolute Gasteiger partial charge is 0.390 e. The van der Waals surface area contributed by atoms with Crippen LogP contribution in [0.4, 0.5) is 13.2 Å². The van der Waals surface area contributed by atoms with E-state index in [-0.39, 0.29) is 6.54 Å². The molecule has 3 nitrogen and oxygen atoms in total. The van der Waals surface area contributed by atoms with Gasteiger partial charge >= 0.3 is 6.18 Å². The average Bonchev–Trinajstić information content (AvgIpc) is 2.36. The number of nitrogens with one attached hydrogen (secondary N) is 1. The van der Waals surface area contributed by atoms with Crippen LogP contribution in [0.5, 0.6) is 0 Å². The van der Waals surface area contributed by atoms with Crippen LogP contribution in [0.15, 0.2) is 29.3 Å². The molecule has 0 saturated carbocycles. The first kappa shape index (κ1) is 17.6. The molecule has 0 bridgehead atoms. The van der Waals surface area contributed by atoms with Gasteiger partial charge in [-0.3, -0.25) is 4.99 Å². The number of aliphatic imine (C=N–C) groups is 1. The van der Waals surface area contributed by atoms with Crippen LogP contribution in [0.25, 0.3) is 0 Å². The predicted octanol–water partition coefficient (Wildman–Crippen LogP) is 3.69. The summed E-state index contributed by atoms with van der Waals surface area (Å²) in [5.74, 6) is 0.446. The molecule has 0 unspecified atom stereocenters. The minimum atomic E-state index is -4.19. The van der Waals surface area contributed by atoms with Crippen molar-refractivity contribution in [3.8, 4) is 0 Å². The van der Waals surface area contributed by atoms with Crippen molar-refractivity contribution in [1.82, 2.24) is 10.2 Å². The first-order valence-electron chi connectivity index (χ1n) is 6.62. The van der Waals surface area contributed by atoms with Gasteiger partial charge in [0.2, 0.25) is 0 Å². The summed E-state index contributed by atoms with van der Waals surface area (Å²) in [7, 11) is 1.77. The van der Waals surface area contributed by atoms with Gasteiger partial charge in [0.15, 0.2) is 5.96 Å². The van der Waals surface area contributed by atoms with Crippen LogP contribution in [0, 0.1) is 0 Å². The molecular weight excluding hydrogens is 303 g/mol. The molecule has 0 radical (unpaired) electrons. The van der Waals surface area contributed by atoms with Crippen LogP contribution in [0.2, 0.25) is 5.02 Å². The average molecular weight is 322 g/mol. The standard InChI is InChI=1S/C14H19ClF3N3/c1-3-19-13(20-8-7-14(16,17)18)21(2)10-11-5-4-6-12(15)9-11/h4-6,9H,3,7-8,10H2,1-2H3,(H,19,20). The summed E-state index contributed by atoms with van der Waals surface area (Å²) in [5.41, 5.74) is 0.964. The molecule has 0 aliphatic heterocycles. The number of hydrogen-bond donors (Lipinski definition) is 1. The van der Waals surface area contributed by atoms with Crippen LogP contribution < -0.4 is 5.32 Å². The van der Waals surface area contributed by atoms with E-state index in [1.807, 2.05) is 25.1 Å². The van der Waals surface area contributed by atoms with Crippen molar-refractivity contribution in [1.29, 1.82) is 0 Å². The summed E-state index contributed by atoms with van der Waals surface area (Å²) in [6, 6.07) is 7.33. The van der Waals surface area contributed by atoms with Crippen LogP contribution in [0.1, 0.15) is 18.9 Å². The van der Waals surface area contributed by atoms with E-state index in [2.05, 4.69) is 10.3 Å². The second-order valence-corrected chi connectivity index (χ2v) is 5.02. The zero-order chi connectivity index (χ0) is 15.9. The number of guanidine groups is 1. The van der Waals surface area contributed by atoms with Gasteiger partial charge in [-0.2, -0.15) is 13.2 Å². The lowest BCUT2D eigenvalue weighted by molar-refractivity contribution is -0.132. The molecule has 0 fully saturated rings. The van der Waals surface area contributed by atoms with Gasteiger partial charge in [-0.1, -0.05) is 23.7 Å². The highest BCUT2D eigenvalue weighted by atomic mass is 35.5. The number of hydrogen-bond acceptors (Lipinski definition) is 1. The third-order valence-corrected chi connectivity index (χ3v) is 2.90. The number of nitrogens with zero attached hydrogens (tertiary/aromatic N) is 2. The van der Waals surface area contributed by atoms with Crippen molar-refractivity contribution in [3.63, 3.8) is 0 Å². The normalized spacial score (nSPS) is 12.4. The summed E-state index contributed by atoms with van der Waals surface area (Å²) >= 11 is 5.91. The van der Waals surface area contributed by atoms with Gasteiger partial charge in [-0.25, -0.2) is 0 Å². The maximum atomic E-state index is 12.2. The number of alkyl halides is 3. The molecule has 0 spiro atoms. The van der Waals surface area contributed by atoms with Gasteiger partial charge in [-0.05, 0) is 24.6 Å². The predicted molar refractivity (Wildman–Crippen MR) is 79.6 cm³/mol. The highest BCUT2D eigenvalue weighted by Crippen LogP contribution is 2.19. The van der Waals surface area contributed by atoms with E-state index in [4.69, 9.17) is 11.6 Å². The second kappa shape index (κ2) is 8.12. The van der Waals surface area contributed by atoms with Crippen LogP contribution in [0.3, 0.4) is 0 Å². The van der Waals surface area contributed by atoms with Crippen molar-refractivity contribution >= 4 is 17.6 Å². The van der Waals surface area contributed by atoms with Crippen LogP contribution in [-0.2, 0) is 6.54 Å². The molecule has 0 atom stereocenters. The molecule has 0 amide bonds. The molecular formula is C14H19ClF3N3. The molecule has 1 aromatic carbocycles. The van der Waals surface area contributed by atoms with Crippen molar-refractivity contribution in [2.24, 2.45) is 4.99 Å². The lowest BCUT2D eigenvalue weighted by atomic mass is 10.2. The first-order valence-corrected chi connectivity index (χ1v) is 7.00. The van der Waals surface area contributed by atoms with E-state index in [9.17, 15) is 13.2 Å². The number of rotatable bonds is 5. The Balaban J connectivity index is 2.68. The lowest BCUT2D eigenvalue weighted by Gasteiger charge is -2.22. The molecule has 0 aliphatic rings. The van der Waals surface area contributed by atoms with E-state index >= 15 is 0 Å². The highest BCUT2D eigenvalue weighted by Gasteiger charge is 2.26. The number of halogens is 4. The molecule has 1 rings (SSSR count). The molecule has 0 aliphatic carbocycles. The van der Waals surface area contributed by atoms with Gasteiger partial charge in [0.05, 0.1) is 13.0 Å². The van der Waals surface area contributed by atoms with Crippen LogP contribution >= 0.6 is 11.6 Å². The molecule has 118 valence electrons. The maximum Gasteiger partial charge on any atom is 0.390 e. The highest BCUT2D eigenvalue weighted by molar-refractivity contribution is 6.30. The van der Waals surface area contributed by atoms with E-state index in [1.165, 1.54) is 0 Å². The fourth-order valence-electron chi connectivity index (χ4n) is 1.74. The second-order valence-electron chi connectivity index (χ2n) is 4.59. The summed E-state index contributed by atoms with van der Waals surface area (Å²) in [5, 5.41) is 3.60. The quantitative estimate of drug-likeness (QED) is 0.661. The number of benzene rings is 1. The smallest absolute Gasteiger partial charge is 0.357 e. The third kappa shape index (κ3) is 7.22. The molecule has 1 N–H and O–H groups in total. The fraction of sp³-hybridized carbons (Fsp3) is 0.500. The molecule has 7 heteroatoms. The van der Waals surface area contributed by atoms with Crippen molar-refractivity contribution < 1.29 is 13.2 Å². The minimum Gasteiger partial charge on any atom is -0.357 e. The van der Waals surface area contributed by atoms with Gasteiger partial charge in [-0.15, -0.1) is 0 Å². The van der Waals surface area contributed by atoms with Gasteiger partial charge in [0.25, 0.3) is 0 Å². The molecule has 0 aromatic heterocycles. The minimum absolute atomic E-state index is 0.286. The Kier molecular flexibility index (Phi) is 6.81. The SMILES string of the molecule is CCNC(=NCCC(F)(F)F)N(C)Cc1cccc(Cl)c1. The summed E-state index contributed by atoms with van der Waals surface area (Å²) in [4.78, 5) is 5.77. The zero-order valence-corrected chi connectivity index (χ0v) is 12.8. The Morgan fingerprint density at radius 1 is 1.38 bits per heavy atom. The Morgan fingerprint density at radius 3 is 2.67 bits per heavy atom. The summed E-state index contributed by atoms with van der Waals surface area (Å²) in [6.07, 6.45) is -5.11. The Hall–Kier alpha value is -1.43. The van der Waals surface area contributed by atoms with Crippen molar-refractivity contribution in [3.05, 3.63) is 34.9 Å². The van der Waals surface area contributed by atoms with Gasteiger partial charge in [0, 0.05) is 25.2 Å². The van der Waals surface area contributed by atoms with E-state index < -0.39 is 12.6 Å². The Bertz CT molecular complexity index is 475. The summed E-state index contributed by atoms with van der Waals surface area (Å²) < 4.78 is 36.5. The third-order valence-electron chi connectivity index (χ3n) is 2.66. The van der Waals surface area contributed by atoms with Crippen LogP contribution in [-0.4, -0.2) is 37.2 Å². The van der Waals surface area contributed by atoms with E-state index in [1.54, 1.807) is 18.0 Å². The Labute approximate surface area is 127 Å². The Morgan fingerprint density at radius 2 is 2.10 bits per heavy atom. The molecule has 21 heavy (non-hydrogen) atoms. The van der Waals surface area contributed by atoms with E-state index in [0.717, 1.165) is 5.56 Å². The van der Waals surface area contributed by atoms with Gasteiger partial charge < -0.3 is 10.2 Å². The maximum absolute atomic E-state index is 12.2. The summed E-state index contributed by atoms with van der Waals surface area (Å²) in [6.45, 7) is 2.68. The molecule has 0 heterocycles. The zero-order valence-electron chi connectivity index (χ0n) is 12.0.